The van der Waals surface area contributed by atoms with Crippen molar-refractivity contribution in [2.75, 3.05) is 19.7 Å². The third kappa shape index (κ3) is 8.78. The zero-order chi connectivity index (χ0) is 24.8. The molecule has 0 radical (unpaired) electrons. The average molecular weight is 471 g/mol. The number of rotatable bonds is 15. The summed E-state index contributed by atoms with van der Waals surface area (Å²) in [6.45, 7) is 8.06. The van der Waals surface area contributed by atoms with Gasteiger partial charge in [-0.3, -0.25) is 14.4 Å². The van der Waals surface area contributed by atoms with Crippen molar-refractivity contribution in [1.82, 2.24) is 10.2 Å². The number of esters is 1. The van der Waals surface area contributed by atoms with Crippen molar-refractivity contribution in [3.8, 4) is 0 Å². The molecule has 0 aliphatic carbocycles. The van der Waals surface area contributed by atoms with Crippen molar-refractivity contribution >= 4 is 17.8 Å². The summed E-state index contributed by atoms with van der Waals surface area (Å²) in [4.78, 5) is 39.8. The number of carbonyl (C=O) groups excluding carboxylic acids is 3. The van der Waals surface area contributed by atoms with Gasteiger partial charge in [-0.05, 0) is 44.1 Å². The smallest absolute Gasteiger partial charge is 0.306 e. The second-order valence-electron chi connectivity index (χ2n) is 8.66. The fourth-order valence-corrected chi connectivity index (χ4v) is 4.17. The molecular formula is C27H38N2O5. The Bertz CT molecular complexity index is 810. The van der Waals surface area contributed by atoms with E-state index in [1.807, 2.05) is 36.4 Å². The van der Waals surface area contributed by atoms with Gasteiger partial charge in [0.25, 0.3) is 0 Å². The van der Waals surface area contributed by atoms with E-state index in [1.54, 1.807) is 11.0 Å². The van der Waals surface area contributed by atoms with Crippen LogP contribution in [0.25, 0.3) is 0 Å². The molecule has 0 saturated carbocycles. The van der Waals surface area contributed by atoms with E-state index >= 15 is 0 Å². The molecule has 0 unspecified atom stereocenters. The Labute approximate surface area is 202 Å². The van der Waals surface area contributed by atoms with E-state index < -0.39 is 12.0 Å². The van der Waals surface area contributed by atoms with E-state index in [2.05, 4.69) is 18.5 Å². The molecule has 1 heterocycles. The number of likely N-dealkylation sites (tertiary alicyclic amines) is 1. The fourth-order valence-electron chi connectivity index (χ4n) is 4.17. The molecule has 2 rings (SSSR count). The topological polar surface area (TPSA) is 95.9 Å². The van der Waals surface area contributed by atoms with Gasteiger partial charge in [0, 0.05) is 19.4 Å². The van der Waals surface area contributed by atoms with Crippen molar-refractivity contribution in [3.05, 3.63) is 61.2 Å². The lowest BCUT2D eigenvalue weighted by atomic mass is 9.99. The van der Waals surface area contributed by atoms with E-state index in [0.717, 1.165) is 31.2 Å². The largest absolute Gasteiger partial charge is 0.456 e. The maximum absolute atomic E-state index is 13.0. The molecule has 0 spiro atoms. The van der Waals surface area contributed by atoms with Crippen molar-refractivity contribution in [1.29, 1.82) is 0 Å². The summed E-state index contributed by atoms with van der Waals surface area (Å²) in [6, 6.07) is 9.13. The van der Waals surface area contributed by atoms with Gasteiger partial charge in [-0.25, -0.2) is 0 Å². The summed E-state index contributed by atoms with van der Waals surface area (Å²) >= 11 is 0. The first-order chi connectivity index (χ1) is 16.5. The highest BCUT2D eigenvalue weighted by Gasteiger charge is 2.31. The Balaban J connectivity index is 1.98. The van der Waals surface area contributed by atoms with Gasteiger partial charge >= 0.3 is 5.97 Å². The molecule has 1 aliphatic rings. The first-order valence-corrected chi connectivity index (χ1v) is 12.1. The quantitative estimate of drug-likeness (QED) is 0.232. The fraction of sp³-hybridized carbons (Fsp3) is 0.519. The van der Waals surface area contributed by atoms with Crippen molar-refractivity contribution < 1.29 is 24.2 Å². The summed E-state index contributed by atoms with van der Waals surface area (Å²) in [5.74, 6) is -1.30. The number of amides is 2. The maximum Gasteiger partial charge on any atom is 0.306 e. The molecule has 186 valence electrons. The lowest BCUT2D eigenvalue weighted by Gasteiger charge is -2.25. The molecule has 0 aromatic heterocycles. The molecule has 1 saturated heterocycles. The van der Waals surface area contributed by atoms with E-state index in [1.165, 1.54) is 0 Å². The summed E-state index contributed by atoms with van der Waals surface area (Å²) in [5.41, 5.74) is 0.793. The van der Waals surface area contributed by atoms with Crippen LogP contribution in [-0.2, 0) is 19.1 Å². The van der Waals surface area contributed by atoms with Crippen molar-refractivity contribution in [2.45, 2.75) is 63.5 Å². The normalized spacial score (nSPS) is 17.0. The first-order valence-electron chi connectivity index (χ1n) is 12.1. The van der Waals surface area contributed by atoms with E-state index in [0.29, 0.717) is 25.8 Å². The van der Waals surface area contributed by atoms with Crippen LogP contribution in [0.5, 0.6) is 0 Å². The maximum atomic E-state index is 13.0. The molecule has 0 bridgehead atoms. The monoisotopic (exact) mass is 470 g/mol. The Morgan fingerprint density at radius 1 is 1.18 bits per heavy atom. The lowest BCUT2D eigenvalue weighted by molar-refractivity contribution is -0.150. The number of benzene rings is 1. The Morgan fingerprint density at radius 3 is 2.62 bits per heavy atom. The van der Waals surface area contributed by atoms with Gasteiger partial charge in [-0.1, -0.05) is 42.5 Å². The molecule has 1 aromatic rings. The van der Waals surface area contributed by atoms with Crippen molar-refractivity contribution in [3.63, 3.8) is 0 Å². The standard InChI is InChI=1S/C27H38N2O5/c1-3-5-6-10-16-26(32)34-24(21-13-8-7-9-14-21)19-28-27(33)22(12-4-2)18-25(31)29-17-11-15-23(29)20-30/h3-4,7-9,13-14,22-24,30H,1-2,5-6,10-12,15-20H2,(H,28,33)/t22-,23+,24+/m1/s1. The van der Waals surface area contributed by atoms with Gasteiger partial charge in [0.05, 0.1) is 25.1 Å². The molecule has 2 N–H and O–H groups in total. The molecule has 1 aliphatic heterocycles. The summed E-state index contributed by atoms with van der Waals surface area (Å²) in [6.07, 6.45) is 7.62. The van der Waals surface area contributed by atoms with Crippen LogP contribution in [0.2, 0.25) is 0 Å². The zero-order valence-corrected chi connectivity index (χ0v) is 20.0. The van der Waals surface area contributed by atoms with E-state index in [4.69, 9.17) is 4.74 Å². The number of nitrogens with zero attached hydrogens (tertiary/aromatic N) is 1. The van der Waals surface area contributed by atoms with Gasteiger partial charge < -0.3 is 20.1 Å². The SMILES string of the molecule is C=CCCCCC(=O)O[C@@H](CNC(=O)[C@H](CC=C)CC(=O)N1CCC[C@H]1CO)c1ccccc1. The predicted octanol–water partition coefficient (Wildman–Crippen LogP) is 3.70. The van der Waals surface area contributed by atoms with Crippen molar-refractivity contribution in [2.24, 2.45) is 5.92 Å². The Hall–Kier alpha value is -2.93. The van der Waals surface area contributed by atoms with Crippen LogP contribution in [0.1, 0.15) is 63.0 Å². The number of hydrogen-bond donors (Lipinski definition) is 2. The first kappa shape index (κ1) is 27.3. The molecule has 1 aromatic carbocycles. The lowest BCUT2D eigenvalue weighted by Crippen LogP contribution is -2.41. The number of aliphatic hydroxyl groups excluding tert-OH is 1. The second kappa shape index (κ2) is 15.1. The molecule has 7 nitrogen and oxygen atoms in total. The van der Waals surface area contributed by atoms with Crippen LogP contribution >= 0.6 is 0 Å². The Kier molecular flexibility index (Phi) is 12.1. The van der Waals surface area contributed by atoms with E-state index in [-0.39, 0.29) is 43.4 Å². The van der Waals surface area contributed by atoms with Gasteiger partial charge in [-0.15, -0.1) is 13.2 Å². The minimum atomic E-state index is -0.616. The van der Waals surface area contributed by atoms with Gasteiger partial charge in [-0.2, -0.15) is 0 Å². The number of aliphatic hydroxyl groups is 1. The summed E-state index contributed by atoms with van der Waals surface area (Å²) in [5, 5.41) is 12.4. The third-order valence-electron chi connectivity index (χ3n) is 6.10. The van der Waals surface area contributed by atoms with Gasteiger partial charge in [0.15, 0.2) is 0 Å². The highest BCUT2D eigenvalue weighted by Crippen LogP contribution is 2.22. The molecular weight excluding hydrogens is 432 g/mol. The second-order valence-corrected chi connectivity index (χ2v) is 8.66. The number of ether oxygens (including phenoxy) is 1. The molecule has 7 heteroatoms. The predicted molar refractivity (Wildman–Crippen MR) is 132 cm³/mol. The molecule has 34 heavy (non-hydrogen) atoms. The van der Waals surface area contributed by atoms with Gasteiger partial charge in [0.2, 0.25) is 11.8 Å². The van der Waals surface area contributed by atoms with Crippen LogP contribution in [0, 0.1) is 5.92 Å². The number of carbonyl (C=O) groups is 3. The van der Waals surface area contributed by atoms with E-state index in [9.17, 15) is 19.5 Å². The summed E-state index contributed by atoms with van der Waals surface area (Å²) in [7, 11) is 0. The van der Waals surface area contributed by atoms with Gasteiger partial charge in [0.1, 0.15) is 6.10 Å². The molecule has 2 amide bonds. The Morgan fingerprint density at radius 2 is 1.94 bits per heavy atom. The van der Waals surface area contributed by atoms with Crippen LogP contribution in [0.15, 0.2) is 55.6 Å². The van der Waals surface area contributed by atoms with Crippen LogP contribution < -0.4 is 5.32 Å². The number of allylic oxidation sites excluding steroid dienone is 2. The van der Waals surface area contributed by atoms with Crippen LogP contribution in [0.3, 0.4) is 0 Å². The minimum Gasteiger partial charge on any atom is -0.456 e. The molecule has 3 atom stereocenters. The van der Waals surface area contributed by atoms with Crippen LogP contribution in [-0.4, -0.2) is 53.5 Å². The number of hydrogen-bond acceptors (Lipinski definition) is 5. The summed E-state index contributed by atoms with van der Waals surface area (Å²) < 4.78 is 5.70. The average Bonchev–Trinajstić information content (AvgIpc) is 3.33. The highest BCUT2D eigenvalue weighted by atomic mass is 16.5. The zero-order valence-electron chi connectivity index (χ0n) is 20.0. The minimum absolute atomic E-state index is 0.0491. The highest BCUT2D eigenvalue weighted by molar-refractivity contribution is 5.86. The molecule has 1 fully saturated rings. The number of nitrogens with one attached hydrogen (secondary N) is 1. The van der Waals surface area contributed by atoms with Crippen LogP contribution in [0.4, 0.5) is 0 Å². The number of unbranched alkanes of at least 4 members (excludes halogenated alkanes) is 2. The third-order valence-corrected chi connectivity index (χ3v) is 6.10.